The van der Waals surface area contributed by atoms with E-state index in [9.17, 15) is 9.59 Å². The highest BCUT2D eigenvalue weighted by Crippen LogP contribution is 2.30. The first-order chi connectivity index (χ1) is 11.5. The lowest BCUT2D eigenvalue weighted by Gasteiger charge is -2.33. The maximum absolute atomic E-state index is 12.6. The van der Waals surface area contributed by atoms with E-state index in [1.54, 1.807) is 22.9 Å². The Kier molecular flexibility index (Phi) is 7.14. The predicted molar refractivity (Wildman–Crippen MR) is 99.6 cm³/mol. The third-order valence-electron chi connectivity index (χ3n) is 4.04. The van der Waals surface area contributed by atoms with Crippen molar-refractivity contribution >= 4 is 23.3 Å². The summed E-state index contributed by atoms with van der Waals surface area (Å²) in [7, 11) is 1.73. The number of hydrogen-bond acceptors (Lipinski definition) is 3. The summed E-state index contributed by atoms with van der Waals surface area (Å²) in [5.74, 6) is 0.413. The van der Waals surface area contributed by atoms with Gasteiger partial charge in [-0.05, 0) is 19.1 Å². The summed E-state index contributed by atoms with van der Waals surface area (Å²) in [6, 6.07) is 7.16. The van der Waals surface area contributed by atoms with Crippen LogP contribution >= 0.6 is 0 Å². The molecule has 2 aliphatic heterocycles. The van der Waals surface area contributed by atoms with Gasteiger partial charge in [0.15, 0.2) is 0 Å². The van der Waals surface area contributed by atoms with Crippen molar-refractivity contribution in [1.82, 2.24) is 4.90 Å². The van der Waals surface area contributed by atoms with Crippen LogP contribution in [0.3, 0.4) is 0 Å². The molecule has 5 heteroatoms. The fraction of sp³-hybridized carbons (Fsp3) is 0.526. The zero-order chi connectivity index (χ0) is 18.4. The van der Waals surface area contributed by atoms with Gasteiger partial charge in [0.05, 0.1) is 29.8 Å². The van der Waals surface area contributed by atoms with Crippen LogP contribution < -0.4 is 4.90 Å². The first-order valence-electron chi connectivity index (χ1n) is 8.76. The van der Waals surface area contributed by atoms with Crippen molar-refractivity contribution in [2.24, 2.45) is 10.9 Å². The van der Waals surface area contributed by atoms with E-state index in [1.165, 1.54) is 0 Å². The number of amides is 2. The van der Waals surface area contributed by atoms with Crippen LogP contribution in [0.5, 0.6) is 0 Å². The molecule has 0 saturated heterocycles. The lowest BCUT2D eigenvalue weighted by Crippen LogP contribution is -2.50. The molecule has 0 aromatic heterocycles. The Hall–Kier alpha value is -2.17. The number of nitrogens with zero attached hydrogens (tertiary/aromatic N) is 3. The first kappa shape index (κ1) is 19.9. The fourth-order valence-corrected chi connectivity index (χ4v) is 2.65. The number of hydrogen-bond donors (Lipinski definition) is 0. The largest absolute Gasteiger partial charge is 0.334 e. The second-order valence-corrected chi connectivity index (χ2v) is 5.43. The molecule has 24 heavy (non-hydrogen) atoms. The van der Waals surface area contributed by atoms with Crippen LogP contribution in [0.15, 0.2) is 29.3 Å². The summed E-state index contributed by atoms with van der Waals surface area (Å²) in [6.07, 6.45) is 0. The van der Waals surface area contributed by atoms with Gasteiger partial charge in [-0.3, -0.25) is 19.5 Å². The lowest BCUT2D eigenvalue weighted by molar-refractivity contribution is -0.121. The Morgan fingerprint density at radius 3 is 2.25 bits per heavy atom. The number of anilines is 1. The molecule has 0 N–H and O–H groups in total. The minimum Gasteiger partial charge on any atom is -0.334 e. The van der Waals surface area contributed by atoms with E-state index >= 15 is 0 Å². The topological polar surface area (TPSA) is 53.0 Å². The van der Waals surface area contributed by atoms with Crippen molar-refractivity contribution in [1.29, 1.82) is 0 Å². The third kappa shape index (κ3) is 3.50. The van der Waals surface area contributed by atoms with Crippen LogP contribution in [0.2, 0.25) is 0 Å². The van der Waals surface area contributed by atoms with Gasteiger partial charge in [0, 0.05) is 7.05 Å². The molecule has 3 rings (SSSR count). The Morgan fingerprint density at radius 1 is 1.04 bits per heavy atom. The Bertz CT molecular complexity index is 625. The van der Waals surface area contributed by atoms with Gasteiger partial charge in [-0.25, -0.2) is 0 Å². The molecule has 0 bridgehead atoms. The van der Waals surface area contributed by atoms with Crippen molar-refractivity contribution in [3.8, 4) is 0 Å². The fourth-order valence-electron chi connectivity index (χ4n) is 2.65. The zero-order valence-corrected chi connectivity index (χ0v) is 15.8. The summed E-state index contributed by atoms with van der Waals surface area (Å²) >= 11 is 0. The summed E-state index contributed by atoms with van der Waals surface area (Å²) in [4.78, 5) is 32.8. The molecule has 0 radical (unpaired) electrons. The second-order valence-electron chi connectivity index (χ2n) is 5.43. The number of likely N-dealkylation sites (N-methyl/N-ethyl adjacent to an activating group) is 1. The molecule has 1 aromatic rings. The second kappa shape index (κ2) is 8.62. The number of rotatable bonds is 0. The standard InChI is InChI=1S/C15H17N3O2.2C2H6/c1-9-10(2)16-13-8-17(3)15(20)11-6-4-5-7-12(11)18(13)14(9)19;2*1-2/h4-7,9-10H,8H2,1-3H3;2*1-2H3. The molecule has 2 heterocycles. The van der Waals surface area contributed by atoms with E-state index < -0.39 is 0 Å². The maximum Gasteiger partial charge on any atom is 0.256 e. The number of para-hydroxylation sites is 1. The van der Waals surface area contributed by atoms with Crippen molar-refractivity contribution in [3.05, 3.63) is 29.8 Å². The summed E-state index contributed by atoms with van der Waals surface area (Å²) in [5, 5.41) is 0. The molecule has 5 nitrogen and oxygen atoms in total. The first-order valence-corrected chi connectivity index (χ1v) is 8.76. The lowest BCUT2D eigenvalue weighted by atomic mass is 9.99. The van der Waals surface area contributed by atoms with Gasteiger partial charge in [-0.15, -0.1) is 0 Å². The molecular formula is C19H29N3O2. The predicted octanol–water partition coefficient (Wildman–Crippen LogP) is 3.59. The van der Waals surface area contributed by atoms with Crippen LogP contribution in [-0.4, -0.2) is 42.2 Å². The molecule has 2 aliphatic rings. The summed E-state index contributed by atoms with van der Waals surface area (Å²) in [6.45, 7) is 12.2. The minimum atomic E-state index is -0.176. The molecule has 2 amide bonds. The Morgan fingerprint density at radius 2 is 1.62 bits per heavy atom. The Balaban J connectivity index is 0.000000671. The third-order valence-corrected chi connectivity index (χ3v) is 4.04. The van der Waals surface area contributed by atoms with E-state index in [0.29, 0.717) is 23.6 Å². The van der Waals surface area contributed by atoms with Crippen molar-refractivity contribution in [2.45, 2.75) is 47.6 Å². The monoisotopic (exact) mass is 331 g/mol. The van der Waals surface area contributed by atoms with Gasteiger partial charge in [-0.1, -0.05) is 46.8 Å². The Labute approximate surface area is 145 Å². The van der Waals surface area contributed by atoms with Crippen molar-refractivity contribution in [2.75, 3.05) is 18.5 Å². The molecule has 2 atom stereocenters. The van der Waals surface area contributed by atoms with E-state index in [-0.39, 0.29) is 23.8 Å². The highest BCUT2D eigenvalue weighted by molar-refractivity contribution is 6.24. The van der Waals surface area contributed by atoms with Crippen LogP contribution in [0, 0.1) is 5.92 Å². The maximum atomic E-state index is 12.6. The van der Waals surface area contributed by atoms with Crippen LogP contribution in [0.1, 0.15) is 51.9 Å². The molecule has 132 valence electrons. The summed E-state index contributed by atoms with van der Waals surface area (Å²) in [5.41, 5.74) is 1.19. The average molecular weight is 331 g/mol. The highest BCUT2D eigenvalue weighted by atomic mass is 16.2. The van der Waals surface area contributed by atoms with Gasteiger partial charge < -0.3 is 4.90 Å². The van der Waals surface area contributed by atoms with Gasteiger partial charge in [-0.2, -0.15) is 0 Å². The number of aliphatic imine (C=N–C) groups is 1. The minimum absolute atomic E-state index is 0.0121. The molecule has 0 spiro atoms. The van der Waals surface area contributed by atoms with E-state index in [1.807, 2.05) is 59.7 Å². The van der Waals surface area contributed by atoms with E-state index in [0.717, 1.165) is 0 Å². The van der Waals surface area contributed by atoms with E-state index in [2.05, 4.69) is 4.99 Å². The number of amidine groups is 1. The number of carbonyl (C=O) groups is 2. The van der Waals surface area contributed by atoms with Gasteiger partial charge >= 0.3 is 0 Å². The number of carbonyl (C=O) groups excluding carboxylic acids is 2. The highest BCUT2D eigenvalue weighted by Gasteiger charge is 2.38. The van der Waals surface area contributed by atoms with Gasteiger partial charge in [0.1, 0.15) is 5.84 Å². The van der Waals surface area contributed by atoms with Gasteiger partial charge in [0.25, 0.3) is 5.91 Å². The van der Waals surface area contributed by atoms with Crippen LogP contribution in [-0.2, 0) is 4.79 Å². The van der Waals surface area contributed by atoms with Crippen LogP contribution in [0.25, 0.3) is 0 Å². The molecule has 2 unspecified atom stereocenters. The normalized spacial score (nSPS) is 22.0. The molecule has 0 aliphatic carbocycles. The molecule has 1 aromatic carbocycles. The molecule has 0 fully saturated rings. The van der Waals surface area contributed by atoms with Crippen molar-refractivity contribution < 1.29 is 9.59 Å². The summed E-state index contributed by atoms with van der Waals surface area (Å²) < 4.78 is 0. The molecule has 0 saturated carbocycles. The SMILES string of the molecule is CC.CC.CC1N=C2CN(C)C(=O)c3ccccc3N2C(=O)C1C. The van der Waals surface area contributed by atoms with Crippen molar-refractivity contribution in [3.63, 3.8) is 0 Å². The smallest absolute Gasteiger partial charge is 0.256 e. The van der Waals surface area contributed by atoms with Gasteiger partial charge in [0.2, 0.25) is 5.91 Å². The molecular weight excluding hydrogens is 302 g/mol. The number of benzene rings is 1. The zero-order valence-electron chi connectivity index (χ0n) is 15.8. The number of fused-ring (bicyclic) bond motifs is 3. The van der Waals surface area contributed by atoms with E-state index in [4.69, 9.17) is 0 Å². The average Bonchev–Trinajstić information content (AvgIpc) is 2.72. The quantitative estimate of drug-likeness (QED) is 0.729. The van der Waals surface area contributed by atoms with Crippen LogP contribution in [0.4, 0.5) is 5.69 Å².